The first-order chi connectivity index (χ1) is 13.1. The van der Waals surface area contributed by atoms with Crippen molar-refractivity contribution in [3.05, 3.63) is 59.1 Å². The molecule has 0 saturated carbocycles. The molecule has 0 atom stereocenters. The molecule has 0 saturated heterocycles. The molecule has 1 aromatic carbocycles. The summed E-state index contributed by atoms with van der Waals surface area (Å²) < 4.78 is 7.40. The van der Waals surface area contributed by atoms with E-state index in [1.54, 1.807) is 0 Å². The van der Waals surface area contributed by atoms with Gasteiger partial charge in [0.05, 0.1) is 11.9 Å². The number of amides is 1. The van der Waals surface area contributed by atoms with E-state index in [2.05, 4.69) is 56.4 Å². The Kier molecular flexibility index (Phi) is 6.32. The lowest BCUT2D eigenvalue weighted by atomic mass is 10.1. The lowest BCUT2D eigenvalue weighted by Crippen LogP contribution is -2.29. The molecule has 0 radical (unpaired) electrons. The first-order valence-corrected chi connectivity index (χ1v) is 9.46. The highest BCUT2D eigenvalue weighted by atomic mass is 32.1. The van der Waals surface area contributed by atoms with Gasteiger partial charge in [-0.1, -0.05) is 44.2 Å². The van der Waals surface area contributed by atoms with Crippen molar-refractivity contribution in [1.29, 1.82) is 0 Å². The van der Waals surface area contributed by atoms with Crippen molar-refractivity contribution in [3.63, 3.8) is 0 Å². The predicted molar refractivity (Wildman–Crippen MR) is 104 cm³/mol. The van der Waals surface area contributed by atoms with Crippen LogP contribution in [0.4, 0.5) is 0 Å². The highest BCUT2D eigenvalue weighted by molar-refractivity contribution is 7.07. The predicted octanol–water partition coefficient (Wildman–Crippen LogP) is 2.67. The third kappa shape index (κ3) is 5.24. The van der Waals surface area contributed by atoms with Crippen LogP contribution in [0.25, 0.3) is 11.3 Å². The maximum absolute atomic E-state index is 12.0. The van der Waals surface area contributed by atoms with Gasteiger partial charge in [0.1, 0.15) is 0 Å². The molecule has 140 valence electrons. The Hall–Kier alpha value is -3.00. The molecule has 2 heterocycles. The van der Waals surface area contributed by atoms with Gasteiger partial charge in [-0.2, -0.15) is 0 Å². The van der Waals surface area contributed by atoms with Crippen LogP contribution in [-0.4, -0.2) is 27.0 Å². The zero-order valence-electron chi connectivity index (χ0n) is 15.2. The molecule has 2 aromatic heterocycles. The van der Waals surface area contributed by atoms with Crippen molar-refractivity contribution in [2.75, 3.05) is 6.61 Å². The van der Waals surface area contributed by atoms with Crippen LogP contribution in [-0.2, 0) is 11.3 Å². The van der Waals surface area contributed by atoms with Crippen molar-refractivity contribution >= 4 is 17.2 Å². The van der Waals surface area contributed by atoms with Crippen molar-refractivity contribution < 1.29 is 9.53 Å². The SMILES string of the molecule is CC(C)Cn1c(-c2ccccc2)cs/c1=N\NC(=O)COc1cnccn1. The number of carbonyl (C=O) groups excluding carboxylic acids is 1. The van der Waals surface area contributed by atoms with Gasteiger partial charge in [0.2, 0.25) is 10.7 Å². The summed E-state index contributed by atoms with van der Waals surface area (Å²) in [5, 5.41) is 6.34. The minimum atomic E-state index is -0.355. The summed E-state index contributed by atoms with van der Waals surface area (Å²) in [6.45, 7) is 4.93. The summed E-state index contributed by atoms with van der Waals surface area (Å²) in [5.41, 5.74) is 4.75. The molecule has 0 bridgehead atoms. The number of hydrogen-bond acceptors (Lipinski definition) is 6. The average Bonchev–Trinajstić information content (AvgIpc) is 3.08. The van der Waals surface area contributed by atoms with E-state index in [0.29, 0.717) is 11.8 Å². The number of ether oxygens (including phenoxy) is 1. The van der Waals surface area contributed by atoms with Gasteiger partial charge in [-0.3, -0.25) is 9.78 Å². The van der Waals surface area contributed by atoms with Crippen LogP contribution in [0.2, 0.25) is 0 Å². The van der Waals surface area contributed by atoms with Crippen LogP contribution >= 0.6 is 11.3 Å². The standard InChI is InChI=1S/C19H21N5O2S/c1-14(2)11-24-16(15-6-4-3-5-7-15)13-27-19(24)23-22-17(25)12-26-18-10-20-8-9-21-18/h3-10,13-14H,11-12H2,1-2H3,(H,22,25)/b23-19-. The fourth-order valence-corrected chi connectivity index (χ4v) is 3.32. The van der Waals surface area contributed by atoms with Crippen LogP contribution in [0.3, 0.4) is 0 Å². The highest BCUT2D eigenvalue weighted by Crippen LogP contribution is 2.20. The van der Waals surface area contributed by atoms with Crippen molar-refractivity contribution in [2.45, 2.75) is 20.4 Å². The fourth-order valence-electron chi connectivity index (χ4n) is 2.44. The molecular weight excluding hydrogens is 362 g/mol. The van der Waals surface area contributed by atoms with Crippen LogP contribution in [0, 0.1) is 5.92 Å². The number of carbonyl (C=O) groups is 1. The topological polar surface area (TPSA) is 81.4 Å². The number of aromatic nitrogens is 3. The molecule has 3 aromatic rings. The summed E-state index contributed by atoms with van der Waals surface area (Å²) in [4.78, 5) is 20.6. The molecule has 3 rings (SSSR count). The molecular formula is C19H21N5O2S. The Morgan fingerprint density at radius 2 is 2.11 bits per heavy atom. The molecule has 0 fully saturated rings. The maximum Gasteiger partial charge on any atom is 0.278 e. The number of thiazole rings is 1. The van der Waals surface area contributed by atoms with Gasteiger partial charge in [0.15, 0.2) is 6.61 Å². The molecule has 0 unspecified atom stereocenters. The number of nitrogens with one attached hydrogen (secondary N) is 1. The number of benzene rings is 1. The molecule has 0 aliphatic carbocycles. The van der Waals surface area contributed by atoms with E-state index in [1.165, 1.54) is 29.9 Å². The van der Waals surface area contributed by atoms with Crippen LogP contribution in [0.5, 0.6) is 5.88 Å². The van der Waals surface area contributed by atoms with Crippen LogP contribution in [0.15, 0.2) is 59.4 Å². The smallest absolute Gasteiger partial charge is 0.278 e. The molecule has 1 N–H and O–H groups in total. The van der Waals surface area contributed by atoms with Gasteiger partial charge < -0.3 is 9.30 Å². The Bertz CT molecular complexity index is 935. The van der Waals surface area contributed by atoms with Gasteiger partial charge >= 0.3 is 0 Å². The van der Waals surface area contributed by atoms with E-state index in [1.807, 2.05) is 18.2 Å². The summed E-state index contributed by atoms with van der Waals surface area (Å²) in [5.74, 6) is 0.383. The second kappa shape index (κ2) is 9.09. The Balaban J connectivity index is 1.75. The molecule has 0 aliphatic heterocycles. The largest absolute Gasteiger partial charge is 0.466 e. The minimum Gasteiger partial charge on any atom is -0.466 e. The summed E-state index contributed by atoms with van der Waals surface area (Å²) in [6.07, 6.45) is 4.49. The third-order valence-electron chi connectivity index (χ3n) is 3.58. The summed E-state index contributed by atoms with van der Waals surface area (Å²) >= 11 is 1.49. The minimum absolute atomic E-state index is 0.177. The Morgan fingerprint density at radius 1 is 1.30 bits per heavy atom. The van der Waals surface area contributed by atoms with Gasteiger partial charge in [0, 0.05) is 24.3 Å². The monoisotopic (exact) mass is 383 g/mol. The fraction of sp³-hybridized carbons (Fsp3) is 0.263. The van der Waals surface area contributed by atoms with Gasteiger partial charge in [0.25, 0.3) is 5.91 Å². The zero-order chi connectivity index (χ0) is 19.1. The number of nitrogens with zero attached hydrogens (tertiary/aromatic N) is 4. The average molecular weight is 383 g/mol. The van der Waals surface area contributed by atoms with E-state index < -0.39 is 0 Å². The van der Waals surface area contributed by atoms with Gasteiger partial charge in [-0.25, -0.2) is 10.4 Å². The van der Waals surface area contributed by atoms with E-state index in [4.69, 9.17) is 4.74 Å². The van der Waals surface area contributed by atoms with Crippen LogP contribution in [0.1, 0.15) is 13.8 Å². The van der Waals surface area contributed by atoms with Crippen molar-refractivity contribution in [2.24, 2.45) is 11.0 Å². The van der Waals surface area contributed by atoms with E-state index in [0.717, 1.165) is 22.6 Å². The zero-order valence-corrected chi connectivity index (χ0v) is 16.0. The highest BCUT2D eigenvalue weighted by Gasteiger charge is 2.10. The molecule has 8 heteroatoms. The second-order valence-corrected chi connectivity index (χ2v) is 7.09. The first-order valence-electron chi connectivity index (χ1n) is 8.58. The van der Waals surface area contributed by atoms with E-state index in [-0.39, 0.29) is 12.5 Å². The van der Waals surface area contributed by atoms with Crippen LogP contribution < -0.4 is 15.0 Å². The summed E-state index contributed by atoms with van der Waals surface area (Å²) in [6, 6.07) is 10.1. The van der Waals surface area contributed by atoms with Crippen molar-refractivity contribution in [3.8, 4) is 17.1 Å². The molecule has 1 amide bonds. The van der Waals surface area contributed by atoms with E-state index >= 15 is 0 Å². The quantitative estimate of drug-likeness (QED) is 0.636. The maximum atomic E-state index is 12.0. The number of hydrogen-bond donors (Lipinski definition) is 1. The Labute approximate surface area is 161 Å². The second-order valence-electron chi connectivity index (χ2n) is 6.25. The molecule has 27 heavy (non-hydrogen) atoms. The third-order valence-corrected chi connectivity index (χ3v) is 4.45. The Morgan fingerprint density at radius 3 is 2.81 bits per heavy atom. The lowest BCUT2D eigenvalue weighted by Gasteiger charge is -2.11. The van der Waals surface area contributed by atoms with Gasteiger partial charge in [-0.05, 0) is 11.5 Å². The lowest BCUT2D eigenvalue weighted by molar-refractivity contribution is -0.123. The summed E-state index contributed by atoms with van der Waals surface area (Å²) in [7, 11) is 0. The molecule has 7 nitrogen and oxygen atoms in total. The molecule has 0 spiro atoms. The van der Waals surface area contributed by atoms with Gasteiger partial charge in [-0.15, -0.1) is 16.4 Å². The molecule has 0 aliphatic rings. The van der Waals surface area contributed by atoms with Crippen molar-refractivity contribution in [1.82, 2.24) is 20.0 Å². The van der Waals surface area contributed by atoms with E-state index in [9.17, 15) is 4.79 Å². The number of rotatable bonds is 7. The first kappa shape index (κ1) is 18.8. The normalized spacial score (nSPS) is 11.6.